The maximum atomic E-state index is 12.1. The Kier molecular flexibility index (Phi) is 4.37. The molecular weight excluding hydrogens is 312 g/mol. The van der Waals surface area contributed by atoms with Crippen LogP contribution in [0.15, 0.2) is 23.1 Å². The van der Waals surface area contributed by atoms with Gasteiger partial charge in [-0.1, -0.05) is 11.6 Å². The summed E-state index contributed by atoms with van der Waals surface area (Å²) in [5.41, 5.74) is -2.54. The van der Waals surface area contributed by atoms with Crippen LogP contribution in [0, 0.1) is 10.1 Å². The number of hydrogen-bond donors (Lipinski definition) is 2. The van der Waals surface area contributed by atoms with Gasteiger partial charge in [0.05, 0.1) is 4.92 Å². The summed E-state index contributed by atoms with van der Waals surface area (Å²) in [7, 11) is -4.39. The van der Waals surface area contributed by atoms with Gasteiger partial charge in [0.2, 0.25) is 10.0 Å². The molecule has 0 aliphatic rings. The number of carboxylic acids is 1. The van der Waals surface area contributed by atoms with Gasteiger partial charge in [-0.15, -0.1) is 0 Å². The number of carbonyl (C=O) groups is 1. The Bertz CT molecular complexity index is 670. The van der Waals surface area contributed by atoms with Gasteiger partial charge < -0.3 is 5.11 Å². The second kappa shape index (κ2) is 5.35. The molecule has 0 bridgehead atoms. The molecule has 1 rings (SSSR count). The van der Waals surface area contributed by atoms with Gasteiger partial charge in [0.25, 0.3) is 5.69 Å². The van der Waals surface area contributed by atoms with Gasteiger partial charge in [-0.2, -0.15) is 4.72 Å². The molecule has 0 atom stereocenters. The van der Waals surface area contributed by atoms with Crippen LogP contribution in [-0.2, 0) is 14.8 Å². The summed E-state index contributed by atoms with van der Waals surface area (Å²) in [4.78, 5) is 20.2. The van der Waals surface area contributed by atoms with Crippen LogP contribution < -0.4 is 4.72 Å². The highest BCUT2D eigenvalue weighted by molar-refractivity contribution is 7.89. The summed E-state index contributed by atoms with van der Waals surface area (Å²) in [5, 5.41) is 19.7. The number of hydrogen-bond acceptors (Lipinski definition) is 5. The minimum atomic E-state index is -4.39. The zero-order valence-electron chi connectivity index (χ0n) is 10.5. The Morgan fingerprint density at radius 3 is 2.45 bits per heavy atom. The van der Waals surface area contributed by atoms with E-state index >= 15 is 0 Å². The predicted molar refractivity (Wildman–Crippen MR) is 70.1 cm³/mol. The fraction of sp³-hybridized carbons (Fsp3) is 0.300. The van der Waals surface area contributed by atoms with Crippen LogP contribution in [0.3, 0.4) is 0 Å². The Labute approximate surface area is 119 Å². The molecule has 0 aromatic heterocycles. The lowest BCUT2D eigenvalue weighted by Gasteiger charge is -2.20. The summed E-state index contributed by atoms with van der Waals surface area (Å²) in [6.45, 7) is 2.24. The molecule has 10 heteroatoms. The second-order valence-electron chi connectivity index (χ2n) is 4.40. The highest BCUT2D eigenvalue weighted by atomic mass is 35.5. The van der Waals surface area contributed by atoms with Crippen LogP contribution >= 0.6 is 11.6 Å². The largest absolute Gasteiger partial charge is 0.480 e. The van der Waals surface area contributed by atoms with E-state index in [0.717, 1.165) is 32.0 Å². The number of carboxylic acid groups (broad SMARTS) is 1. The van der Waals surface area contributed by atoms with Gasteiger partial charge in [0.1, 0.15) is 5.54 Å². The van der Waals surface area contributed by atoms with E-state index < -0.39 is 37.0 Å². The van der Waals surface area contributed by atoms with Gasteiger partial charge in [-0.3, -0.25) is 14.9 Å². The maximum Gasteiger partial charge on any atom is 0.324 e. The van der Waals surface area contributed by atoms with E-state index in [-0.39, 0.29) is 5.02 Å². The molecule has 0 spiro atoms. The standard InChI is InChI=1S/C10H11ClN2O6S/c1-10(2,9(14)15)12-20(18,19)8-4-3-6(11)5-7(8)13(16)17/h3-5,12H,1-2H3,(H,14,15). The monoisotopic (exact) mass is 322 g/mol. The van der Waals surface area contributed by atoms with E-state index in [1.54, 1.807) is 0 Å². The van der Waals surface area contributed by atoms with Crippen LogP contribution in [0.2, 0.25) is 5.02 Å². The molecule has 0 saturated carbocycles. The van der Waals surface area contributed by atoms with E-state index in [0.29, 0.717) is 0 Å². The Morgan fingerprint density at radius 2 is 2.00 bits per heavy atom. The Hall–Kier alpha value is -1.71. The van der Waals surface area contributed by atoms with E-state index in [4.69, 9.17) is 16.7 Å². The molecule has 0 unspecified atom stereocenters. The quantitative estimate of drug-likeness (QED) is 0.623. The lowest BCUT2D eigenvalue weighted by Crippen LogP contribution is -2.49. The second-order valence-corrected chi connectivity index (χ2v) is 6.49. The molecule has 0 saturated heterocycles. The zero-order valence-corrected chi connectivity index (χ0v) is 12.0. The molecule has 0 amide bonds. The normalized spacial score (nSPS) is 12.2. The lowest BCUT2D eigenvalue weighted by molar-refractivity contribution is -0.387. The van der Waals surface area contributed by atoms with E-state index in [9.17, 15) is 23.3 Å². The third-order valence-electron chi connectivity index (χ3n) is 2.33. The fourth-order valence-corrected chi connectivity index (χ4v) is 2.99. The summed E-state index contributed by atoms with van der Waals surface area (Å²) in [6, 6.07) is 2.99. The van der Waals surface area contributed by atoms with Gasteiger partial charge in [0, 0.05) is 11.1 Å². The van der Waals surface area contributed by atoms with Crippen molar-refractivity contribution < 1.29 is 23.2 Å². The van der Waals surface area contributed by atoms with Crippen molar-refractivity contribution in [3.63, 3.8) is 0 Å². The number of sulfonamides is 1. The molecule has 0 fully saturated rings. The lowest BCUT2D eigenvalue weighted by atomic mass is 10.1. The molecule has 20 heavy (non-hydrogen) atoms. The van der Waals surface area contributed by atoms with Gasteiger partial charge >= 0.3 is 5.97 Å². The number of halogens is 1. The van der Waals surface area contributed by atoms with Crippen molar-refractivity contribution in [2.24, 2.45) is 0 Å². The first-order chi connectivity index (χ1) is 8.97. The van der Waals surface area contributed by atoms with Crippen LogP contribution in [-0.4, -0.2) is 30.0 Å². The van der Waals surface area contributed by atoms with Crippen molar-refractivity contribution in [1.82, 2.24) is 4.72 Å². The molecular formula is C10H11ClN2O6S. The van der Waals surface area contributed by atoms with Crippen LogP contribution in [0.4, 0.5) is 5.69 Å². The maximum absolute atomic E-state index is 12.1. The van der Waals surface area contributed by atoms with Gasteiger partial charge in [-0.05, 0) is 26.0 Å². The summed E-state index contributed by atoms with van der Waals surface area (Å²) >= 11 is 5.58. The smallest absolute Gasteiger partial charge is 0.324 e. The highest BCUT2D eigenvalue weighted by Gasteiger charge is 2.36. The van der Waals surface area contributed by atoms with Crippen molar-refractivity contribution in [2.45, 2.75) is 24.3 Å². The minimum Gasteiger partial charge on any atom is -0.480 e. The summed E-state index contributed by atoms with van der Waals surface area (Å²) < 4.78 is 26.0. The third kappa shape index (κ3) is 3.44. The number of nitrogens with zero attached hydrogens (tertiary/aromatic N) is 1. The number of nitro groups is 1. The molecule has 0 aliphatic heterocycles. The number of nitro benzene ring substituents is 1. The first-order valence-electron chi connectivity index (χ1n) is 5.19. The van der Waals surface area contributed by atoms with Crippen molar-refractivity contribution in [1.29, 1.82) is 0 Å². The summed E-state index contributed by atoms with van der Waals surface area (Å²) in [6.07, 6.45) is 0. The first-order valence-corrected chi connectivity index (χ1v) is 7.05. The van der Waals surface area contributed by atoms with Crippen LogP contribution in [0.5, 0.6) is 0 Å². The van der Waals surface area contributed by atoms with Crippen molar-refractivity contribution >= 4 is 33.3 Å². The van der Waals surface area contributed by atoms with Crippen molar-refractivity contribution in [2.75, 3.05) is 0 Å². The zero-order chi connectivity index (χ0) is 15.7. The molecule has 0 heterocycles. The van der Waals surface area contributed by atoms with Crippen LogP contribution in [0.25, 0.3) is 0 Å². The van der Waals surface area contributed by atoms with Gasteiger partial charge in [-0.25, -0.2) is 8.42 Å². The number of benzene rings is 1. The average molecular weight is 323 g/mol. The average Bonchev–Trinajstić information content (AvgIpc) is 2.26. The van der Waals surface area contributed by atoms with E-state index in [1.807, 2.05) is 4.72 Å². The molecule has 110 valence electrons. The minimum absolute atomic E-state index is 0.00635. The van der Waals surface area contributed by atoms with Crippen LogP contribution in [0.1, 0.15) is 13.8 Å². The van der Waals surface area contributed by atoms with E-state index in [1.165, 1.54) is 0 Å². The number of aliphatic carboxylic acids is 1. The molecule has 0 aliphatic carbocycles. The predicted octanol–water partition coefficient (Wildman–Crippen LogP) is 1.39. The number of nitrogens with one attached hydrogen (secondary N) is 1. The highest BCUT2D eigenvalue weighted by Crippen LogP contribution is 2.27. The molecule has 8 nitrogen and oxygen atoms in total. The third-order valence-corrected chi connectivity index (χ3v) is 4.27. The van der Waals surface area contributed by atoms with Crippen molar-refractivity contribution in [3.8, 4) is 0 Å². The summed E-state index contributed by atoms with van der Waals surface area (Å²) in [5.74, 6) is -1.42. The molecule has 0 radical (unpaired) electrons. The topological polar surface area (TPSA) is 127 Å². The molecule has 1 aromatic carbocycles. The molecule has 2 N–H and O–H groups in total. The first kappa shape index (κ1) is 16.3. The van der Waals surface area contributed by atoms with Crippen molar-refractivity contribution in [3.05, 3.63) is 33.3 Å². The Balaban J connectivity index is 3.37. The number of rotatable bonds is 5. The SMILES string of the molecule is CC(C)(NS(=O)(=O)c1ccc(Cl)cc1[N+](=O)[O-])C(=O)O. The Morgan fingerprint density at radius 1 is 1.45 bits per heavy atom. The molecule has 1 aromatic rings. The fourth-order valence-electron chi connectivity index (χ4n) is 1.29. The van der Waals surface area contributed by atoms with Gasteiger partial charge in [0.15, 0.2) is 4.90 Å². The van der Waals surface area contributed by atoms with E-state index in [2.05, 4.69) is 0 Å².